The van der Waals surface area contributed by atoms with Crippen LogP contribution in [0.3, 0.4) is 0 Å². The van der Waals surface area contributed by atoms with E-state index in [0.717, 1.165) is 16.7 Å². The minimum absolute atomic E-state index is 0.130. The lowest BCUT2D eigenvalue weighted by Crippen LogP contribution is -2.37. The van der Waals surface area contributed by atoms with Gasteiger partial charge in [-0.2, -0.15) is 0 Å². The van der Waals surface area contributed by atoms with Crippen LogP contribution in [0.2, 0.25) is 0 Å². The lowest BCUT2D eigenvalue weighted by atomic mass is 9.77. The van der Waals surface area contributed by atoms with Gasteiger partial charge in [0.15, 0.2) is 0 Å². The Hall–Kier alpha value is -4.31. The van der Waals surface area contributed by atoms with Gasteiger partial charge < -0.3 is 4.57 Å². The zero-order chi connectivity index (χ0) is 21.8. The molecule has 0 fully saturated rings. The first-order chi connectivity index (χ1) is 15.8. The van der Waals surface area contributed by atoms with Crippen LogP contribution in [-0.2, 0) is 5.54 Å². The third-order valence-electron chi connectivity index (χ3n) is 5.72. The quantitative estimate of drug-likeness (QED) is 0.277. The van der Waals surface area contributed by atoms with E-state index in [1.165, 1.54) is 0 Å². The molecule has 2 aromatic heterocycles. The number of pyridine rings is 1. The highest BCUT2D eigenvalue weighted by Gasteiger charge is 2.38. The zero-order valence-corrected chi connectivity index (χ0v) is 17.4. The van der Waals surface area contributed by atoms with E-state index in [-0.39, 0.29) is 5.78 Å². The van der Waals surface area contributed by atoms with E-state index in [2.05, 4.69) is 46.4 Å². The summed E-state index contributed by atoms with van der Waals surface area (Å²) in [5.41, 5.74) is 3.51. The molecule has 0 aliphatic carbocycles. The molecular formula is C28H21N3O. The number of imidazole rings is 1. The van der Waals surface area contributed by atoms with E-state index >= 15 is 0 Å². The molecule has 0 radical (unpaired) electrons. The smallest absolute Gasteiger partial charge is 0.213 e. The predicted molar refractivity (Wildman–Crippen MR) is 125 cm³/mol. The largest absolute Gasteiger partial charge is 0.318 e. The van der Waals surface area contributed by atoms with E-state index in [0.29, 0.717) is 11.3 Å². The molecule has 154 valence electrons. The van der Waals surface area contributed by atoms with Crippen LogP contribution >= 0.6 is 0 Å². The van der Waals surface area contributed by atoms with E-state index in [9.17, 15) is 4.79 Å². The molecule has 5 rings (SSSR count). The van der Waals surface area contributed by atoms with E-state index < -0.39 is 5.54 Å². The number of ketones is 1. The average Bonchev–Trinajstić information content (AvgIpc) is 3.37. The highest BCUT2D eigenvalue weighted by atomic mass is 16.1. The van der Waals surface area contributed by atoms with Crippen molar-refractivity contribution in [2.45, 2.75) is 5.54 Å². The van der Waals surface area contributed by atoms with Gasteiger partial charge in [-0.3, -0.25) is 9.78 Å². The number of aromatic nitrogens is 3. The van der Waals surface area contributed by atoms with Gasteiger partial charge >= 0.3 is 0 Å². The number of rotatable bonds is 6. The fraction of sp³-hybridized carbons (Fsp3) is 0.0357. The van der Waals surface area contributed by atoms with Crippen molar-refractivity contribution in [2.75, 3.05) is 0 Å². The number of benzene rings is 3. The highest BCUT2D eigenvalue weighted by molar-refractivity contribution is 6.07. The maximum Gasteiger partial charge on any atom is 0.213 e. The fourth-order valence-electron chi connectivity index (χ4n) is 4.26. The van der Waals surface area contributed by atoms with Crippen molar-refractivity contribution in [1.82, 2.24) is 14.5 Å². The summed E-state index contributed by atoms with van der Waals surface area (Å²) >= 11 is 0. The molecule has 0 saturated heterocycles. The molecule has 32 heavy (non-hydrogen) atoms. The molecule has 0 aliphatic rings. The molecule has 0 unspecified atom stereocenters. The number of hydrogen-bond donors (Lipinski definition) is 0. The number of hydrogen-bond acceptors (Lipinski definition) is 3. The Morgan fingerprint density at radius 1 is 0.656 bits per heavy atom. The van der Waals surface area contributed by atoms with Gasteiger partial charge in [0, 0.05) is 24.2 Å². The first-order valence-corrected chi connectivity index (χ1v) is 10.5. The van der Waals surface area contributed by atoms with Gasteiger partial charge in [0.05, 0.1) is 6.33 Å². The molecule has 4 nitrogen and oxygen atoms in total. The lowest BCUT2D eigenvalue weighted by molar-refractivity contribution is 0.103. The number of carbonyl (C=O) groups is 1. The van der Waals surface area contributed by atoms with Gasteiger partial charge in [0.1, 0.15) is 11.2 Å². The third-order valence-corrected chi connectivity index (χ3v) is 5.72. The van der Waals surface area contributed by atoms with Gasteiger partial charge in [-0.05, 0) is 28.8 Å². The topological polar surface area (TPSA) is 47.8 Å². The van der Waals surface area contributed by atoms with E-state index in [1.807, 2.05) is 65.4 Å². The molecule has 0 spiro atoms. The van der Waals surface area contributed by atoms with Crippen molar-refractivity contribution in [3.8, 4) is 0 Å². The molecule has 0 saturated carbocycles. The van der Waals surface area contributed by atoms with Crippen LogP contribution in [0.5, 0.6) is 0 Å². The molecule has 0 aliphatic heterocycles. The molecule has 2 heterocycles. The Kier molecular flexibility index (Phi) is 5.18. The average molecular weight is 415 g/mol. The van der Waals surface area contributed by atoms with Crippen LogP contribution in [0.15, 0.2) is 128 Å². The molecule has 0 bridgehead atoms. The van der Waals surface area contributed by atoms with Crippen molar-refractivity contribution in [2.24, 2.45) is 0 Å². The standard InChI is InChI=1S/C28H21N3O/c32-27(22-16-18-29-19-17-22)26-20-31(21-30-26)28(23-10-4-1-5-11-23,24-12-6-2-7-13-24)25-14-8-3-9-15-25/h1-21H. The normalized spacial score (nSPS) is 11.2. The molecule has 3 aromatic carbocycles. The summed E-state index contributed by atoms with van der Waals surface area (Å²) < 4.78 is 2.04. The monoisotopic (exact) mass is 415 g/mol. The Morgan fingerprint density at radius 3 is 1.59 bits per heavy atom. The van der Waals surface area contributed by atoms with Crippen molar-refractivity contribution >= 4 is 5.78 Å². The number of nitrogens with zero attached hydrogens (tertiary/aromatic N) is 3. The second kappa shape index (κ2) is 8.44. The summed E-state index contributed by atoms with van der Waals surface area (Å²) in [6, 6.07) is 34.4. The van der Waals surface area contributed by atoms with Crippen LogP contribution < -0.4 is 0 Å². The molecule has 0 amide bonds. The van der Waals surface area contributed by atoms with Crippen molar-refractivity contribution < 1.29 is 4.79 Å². The Bertz CT molecular complexity index is 1220. The predicted octanol–water partition coefficient (Wildman–Crippen LogP) is 5.35. The van der Waals surface area contributed by atoms with Gasteiger partial charge in [-0.15, -0.1) is 0 Å². The summed E-state index contributed by atoms with van der Waals surface area (Å²) in [4.78, 5) is 21.6. The van der Waals surface area contributed by atoms with Gasteiger partial charge in [-0.1, -0.05) is 91.0 Å². The molecule has 5 aromatic rings. The Labute approximate surface area is 186 Å². The molecule has 4 heteroatoms. The first-order valence-electron chi connectivity index (χ1n) is 10.5. The molecule has 0 atom stereocenters. The van der Waals surface area contributed by atoms with Crippen molar-refractivity contribution in [1.29, 1.82) is 0 Å². The minimum atomic E-state index is -0.687. The van der Waals surface area contributed by atoms with Gasteiger partial charge in [0.2, 0.25) is 5.78 Å². The second-order valence-corrected chi connectivity index (χ2v) is 7.54. The maximum absolute atomic E-state index is 13.1. The number of carbonyl (C=O) groups excluding carboxylic acids is 1. The first kappa shape index (κ1) is 19.6. The van der Waals surface area contributed by atoms with E-state index in [1.54, 1.807) is 30.9 Å². The molecule has 0 N–H and O–H groups in total. The van der Waals surface area contributed by atoms with Crippen LogP contribution in [-0.4, -0.2) is 20.3 Å². The summed E-state index contributed by atoms with van der Waals surface area (Å²) in [6.07, 6.45) is 6.83. The highest BCUT2D eigenvalue weighted by Crippen LogP contribution is 2.40. The van der Waals surface area contributed by atoms with Crippen LogP contribution in [0.25, 0.3) is 0 Å². The Balaban J connectivity index is 1.76. The SMILES string of the molecule is O=C(c1ccncc1)c1cn(C(c2ccccc2)(c2ccccc2)c2ccccc2)cn1. The van der Waals surface area contributed by atoms with Gasteiger partial charge in [0.25, 0.3) is 0 Å². The summed E-state index contributed by atoms with van der Waals surface area (Å²) in [6.45, 7) is 0. The van der Waals surface area contributed by atoms with Crippen molar-refractivity contribution in [3.63, 3.8) is 0 Å². The fourth-order valence-corrected chi connectivity index (χ4v) is 4.26. The molecular weight excluding hydrogens is 394 g/mol. The van der Waals surface area contributed by atoms with Crippen LogP contribution in [0.4, 0.5) is 0 Å². The van der Waals surface area contributed by atoms with Crippen LogP contribution in [0.1, 0.15) is 32.7 Å². The van der Waals surface area contributed by atoms with Crippen molar-refractivity contribution in [3.05, 3.63) is 156 Å². The summed E-state index contributed by atoms with van der Waals surface area (Å²) in [5, 5.41) is 0. The Morgan fingerprint density at radius 2 is 1.12 bits per heavy atom. The van der Waals surface area contributed by atoms with E-state index in [4.69, 9.17) is 0 Å². The maximum atomic E-state index is 13.1. The second-order valence-electron chi connectivity index (χ2n) is 7.54. The summed E-state index contributed by atoms with van der Waals surface area (Å²) in [5.74, 6) is -0.130. The third kappa shape index (κ3) is 3.32. The zero-order valence-electron chi connectivity index (χ0n) is 17.4. The van der Waals surface area contributed by atoms with Gasteiger partial charge in [-0.25, -0.2) is 4.98 Å². The lowest BCUT2D eigenvalue weighted by Gasteiger charge is -2.37. The summed E-state index contributed by atoms with van der Waals surface area (Å²) in [7, 11) is 0. The minimum Gasteiger partial charge on any atom is -0.318 e. The van der Waals surface area contributed by atoms with Crippen LogP contribution in [0, 0.1) is 0 Å².